The second kappa shape index (κ2) is 8.51. The minimum absolute atomic E-state index is 0.478. The smallest absolute Gasteiger partial charge is 0.185 e. The lowest BCUT2D eigenvalue weighted by Gasteiger charge is -2.34. The fourth-order valence-corrected chi connectivity index (χ4v) is 4.21. The zero-order valence-corrected chi connectivity index (χ0v) is 18.1. The molecule has 0 saturated carbocycles. The zero-order chi connectivity index (χ0) is 21.3. The first kappa shape index (κ1) is 20.5. The van der Waals surface area contributed by atoms with Crippen molar-refractivity contribution in [1.82, 2.24) is 14.0 Å². The van der Waals surface area contributed by atoms with Crippen LogP contribution < -0.4 is 14.2 Å². The number of ether oxygens (including phenoxy) is 3. The molecule has 0 spiro atoms. The van der Waals surface area contributed by atoms with Gasteiger partial charge in [-0.2, -0.15) is 0 Å². The summed E-state index contributed by atoms with van der Waals surface area (Å²) in [6.45, 7) is 1.66. The summed E-state index contributed by atoms with van der Waals surface area (Å²) < 4.78 is 20.8. The van der Waals surface area contributed by atoms with Gasteiger partial charge in [-0.05, 0) is 48.6 Å². The number of rotatable bonds is 6. The summed E-state index contributed by atoms with van der Waals surface area (Å²) in [5, 5.41) is 10.8. The van der Waals surface area contributed by atoms with Crippen molar-refractivity contribution in [2.45, 2.75) is 19.3 Å². The minimum atomic E-state index is -0.670. The molecule has 1 aliphatic heterocycles. The monoisotopic (exact) mass is 427 g/mol. The molecule has 1 aliphatic rings. The Morgan fingerprint density at radius 1 is 0.967 bits per heavy atom. The molecule has 0 radical (unpaired) electrons. The molecule has 30 heavy (non-hydrogen) atoms. The fourth-order valence-electron chi connectivity index (χ4n) is 3.93. The Morgan fingerprint density at radius 2 is 1.67 bits per heavy atom. The maximum absolute atomic E-state index is 10.8. The maximum atomic E-state index is 10.8. The van der Waals surface area contributed by atoms with E-state index in [-0.39, 0.29) is 0 Å². The first-order valence-corrected chi connectivity index (χ1v) is 10.0. The lowest BCUT2D eigenvalue weighted by atomic mass is 9.95. The van der Waals surface area contributed by atoms with E-state index >= 15 is 0 Å². The molecule has 0 bridgehead atoms. The molecule has 7 nitrogen and oxygen atoms in total. The highest BCUT2D eigenvalue weighted by Gasteiger charge is 2.29. The summed E-state index contributed by atoms with van der Waals surface area (Å²) in [6.07, 6.45) is 3.23. The van der Waals surface area contributed by atoms with Crippen molar-refractivity contribution in [3.63, 3.8) is 0 Å². The van der Waals surface area contributed by atoms with Crippen molar-refractivity contribution < 1.29 is 19.3 Å². The van der Waals surface area contributed by atoms with E-state index in [1.165, 1.54) is 0 Å². The van der Waals surface area contributed by atoms with Gasteiger partial charge in [-0.25, -0.2) is 0 Å². The predicted molar refractivity (Wildman–Crippen MR) is 116 cm³/mol. The first-order chi connectivity index (χ1) is 14.5. The van der Waals surface area contributed by atoms with Crippen LogP contribution in [0, 0.1) is 4.77 Å². The summed E-state index contributed by atoms with van der Waals surface area (Å²) >= 11 is 5.69. The van der Waals surface area contributed by atoms with Crippen LogP contribution in [0.3, 0.4) is 0 Å². The van der Waals surface area contributed by atoms with E-state index in [9.17, 15) is 5.11 Å². The third-order valence-electron chi connectivity index (χ3n) is 5.41. The molecule has 8 heteroatoms. The Hall–Kier alpha value is -2.81. The summed E-state index contributed by atoms with van der Waals surface area (Å²) in [5.41, 5.74) is 2.71. The van der Waals surface area contributed by atoms with Crippen molar-refractivity contribution in [2.75, 3.05) is 27.9 Å². The topological polar surface area (TPSA) is 61.0 Å². The van der Waals surface area contributed by atoms with Crippen LogP contribution in [0.4, 0.5) is 0 Å². The van der Waals surface area contributed by atoms with Crippen LogP contribution in [-0.2, 0) is 13.2 Å². The van der Waals surface area contributed by atoms with Gasteiger partial charge in [-0.3, -0.25) is 9.47 Å². The quantitative estimate of drug-likeness (QED) is 0.607. The molecule has 158 valence electrons. The van der Waals surface area contributed by atoms with Crippen LogP contribution in [0.25, 0.3) is 5.69 Å². The minimum Gasteiger partial charge on any atom is -0.497 e. The standard InChI is InChI=1S/C22H25N3O4S/c1-27-16-6-4-15(5-7-16)25-11-10-24(22(25)30)14-23-12-17-19(28-2)8-9-20(29-3)21(17)18(26)13-23/h4-11,18,26H,12-14H2,1-3H3/t18-/m0/s1. The van der Waals surface area contributed by atoms with Gasteiger partial charge in [-0.1, -0.05) is 0 Å². The molecule has 1 atom stereocenters. The molecule has 0 amide bonds. The van der Waals surface area contributed by atoms with Crippen LogP contribution >= 0.6 is 12.2 Å². The van der Waals surface area contributed by atoms with Crippen molar-refractivity contribution in [2.24, 2.45) is 0 Å². The number of benzene rings is 2. The molecule has 0 aliphatic carbocycles. The van der Waals surface area contributed by atoms with Crippen LogP contribution in [0.1, 0.15) is 17.2 Å². The highest BCUT2D eigenvalue weighted by Crippen LogP contribution is 2.39. The third kappa shape index (κ3) is 3.69. The molecular weight excluding hydrogens is 402 g/mol. The number of aromatic nitrogens is 2. The summed E-state index contributed by atoms with van der Waals surface area (Å²) in [4.78, 5) is 2.14. The molecule has 4 rings (SSSR count). The van der Waals surface area contributed by atoms with Gasteiger partial charge in [-0.15, -0.1) is 0 Å². The number of aliphatic hydroxyl groups is 1. The molecule has 0 saturated heterocycles. The normalized spacial score (nSPS) is 16.2. The molecule has 0 fully saturated rings. The van der Waals surface area contributed by atoms with E-state index in [0.717, 1.165) is 28.3 Å². The molecule has 2 heterocycles. The molecule has 3 aromatic rings. The SMILES string of the molecule is COc1ccc(-n2ccn(CN3Cc4c(OC)ccc(OC)c4[C@@H](O)C3)c2=S)cc1. The Balaban J connectivity index is 1.59. The number of imidazole rings is 1. The number of hydrogen-bond acceptors (Lipinski definition) is 6. The predicted octanol–water partition coefficient (Wildman–Crippen LogP) is 3.54. The Kier molecular flexibility index (Phi) is 5.80. The van der Waals surface area contributed by atoms with Crippen LogP contribution in [0.2, 0.25) is 0 Å². The molecule has 2 aromatic carbocycles. The Morgan fingerprint density at radius 3 is 2.33 bits per heavy atom. The van der Waals surface area contributed by atoms with Gasteiger partial charge in [0.25, 0.3) is 0 Å². The van der Waals surface area contributed by atoms with Gasteiger partial charge in [0.15, 0.2) is 4.77 Å². The van der Waals surface area contributed by atoms with Gasteiger partial charge in [0, 0.05) is 42.3 Å². The second-order valence-electron chi connectivity index (χ2n) is 7.15. The number of aliphatic hydroxyl groups excluding tert-OH is 1. The van der Waals surface area contributed by atoms with E-state index in [4.69, 9.17) is 26.4 Å². The average Bonchev–Trinajstić information content (AvgIpc) is 3.13. The first-order valence-electron chi connectivity index (χ1n) is 9.62. The van der Waals surface area contributed by atoms with Gasteiger partial charge < -0.3 is 23.9 Å². The third-order valence-corrected chi connectivity index (χ3v) is 5.84. The highest BCUT2D eigenvalue weighted by atomic mass is 32.1. The van der Waals surface area contributed by atoms with Crippen LogP contribution in [0.5, 0.6) is 17.2 Å². The lowest BCUT2D eigenvalue weighted by Crippen LogP contribution is -2.35. The van der Waals surface area contributed by atoms with E-state index in [1.807, 2.05) is 57.9 Å². The van der Waals surface area contributed by atoms with Crippen molar-refractivity contribution in [1.29, 1.82) is 0 Å². The van der Waals surface area contributed by atoms with Crippen LogP contribution in [0.15, 0.2) is 48.8 Å². The van der Waals surface area contributed by atoms with E-state index in [2.05, 4.69) is 4.90 Å². The summed E-state index contributed by atoms with van der Waals surface area (Å²) in [6, 6.07) is 11.5. The molecule has 1 aromatic heterocycles. The molecule has 1 N–H and O–H groups in total. The summed E-state index contributed by atoms with van der Waals surface area (Å²) in [5.74, 6) is 2.23. The Labute approximate surface area is 180 Å². The second-order valence-corrected chi connectivity index (χ2v) is 7.51. The largest absolute Gasteiger partial charge is 0.497 e. The number of methoxy groups -OCH3 is 3. The number of β-amino-alcohol motifs (C(OH)–C–C–N with tert-alkyl or cyclic N) is 1. The Bertz CT molecular complexity index is 1090. The summed E-state index contributed by atoms with van der Waals surface area (Å²) in [7, 11) is 4.90. The highest BCUT2D eigenvalue weighted by molar-refractivity contribution is 7.71. The average molecular weight is 428 g/mol. The van der Waals surface area contributed by atoms with Crippen molar-refractivity contribution in [3.05, 3.63) is 64.7 Å². The molecule has 0 unspecified atom stereocenters. The van der Waals surface area contributed by atoms with Crippen molar-refractivity contribution >= 4 is 12.2 Å². The number of nitrogens with zero attached hydrogens (tertiary/aromatic N) is 3. The zero-order valence-electron chi connectivity index (χ0n) is 17.2. The lowest BCUT2D eigenvalue weighted by molar-refractivity contribution is 0.0700. The van der Waals surface area contributed by atoms with E-state index < -0.39 is 6.10 Å². The maximum Gasteiger partial charge on any atom is 0.185 e. The van der Waals surface area contributed by atoms with Gasteiger partial charge in [0.2, 0.25) is 0 Å². The number of fused-ring (bicyclic) bond motifs is 1. The van der Waals surface area contributed by atoms with Crippen LogP contribution in [-0.4, -0.2) is 47.0 Å². The fraction of sp³-hybridized carbons (Fsp3) is 0.318. The van der Waals surface area contributed by atoms with Crippen molar-refractivity contribution in [3.8, 4) is 22.9 Å². The van der Waals surface area contributed by atoms with E-state index in [1.54, 1.807) is 21.3 Å². The van der Waals surface area contributed by atoms with Gasteiger partial charge in [0.05, 0.1) is 34.1 Å². The van der Waals surface area contributed by atoms with Gasteiger partial charge in [0.1, 0.15) is 17.2 Å². The van der Waals surface area contributed by atoms with E-state index in [0.29, 0.717) is 30.3 Å². The molecular formula is C22H25N3O4S. The van der Waals surface area contributed by atoms with Gasteiger partial charge >= 0.3 is 0 Å². The number of hydrogen-bond donors (Lipinski definition) is 1.